The molecular weight excluding hydrogens is 347 g/mol. The van der Waals surface area contributed by atoms with E-state index in [9.17, 15) is 4.79 Å². The highest BCUT2D eigenvalue weighted by atomic mass is 35.5. The maximum absolute atomic E-state index is 12.6. The first-order chi connectivity index (χ1) is 11.5. The van der Waals surface area contributed by atoms with Crippen molar-refractivity contribution in [1.29, 1.82) is 0 Å². The normalized spacial score (nSPS) is 17.6. The summed E-state index contributed by atoms with van der Waals surface area (Å²) in [6.45, 7) is 3.39. The molecule has 1 N–H and O–H groups in total. The van der Waals surface area contributed by atoms with Crippen molar-refractivity contribution in [1.82, 2.24) is 9.97 Å². The lowest BCUT2D eigenvalue weighted by Crippen LogP contribution is -2.41. The number of halogens is 2. The van der Waals surface area contributed by atoms with Gasteiger partial charge in [-0.15, -0.1) is 0 Å². The summed E-state index contributed by atoms with van der Waals surface area (Å²) >= 11 is 12.0. The lowest BCUT2D eigenvalue weighted by Gasteiger charge is -2.32. The van der Waals surface area contributed by atoms with E-state index >= 15 is 0 Å². The van der Waals surface area contributed by atoms with Crippen molar-refractivity contribution in [3.05, 3.63) is 46.2 Å². The average Bonchev–Trinajstić information content (AvgIpc) is 2.57. The summed E-state index contributed by atoms with van der Waals surface area (Å²) in [5.74, 6) is 0.503. The van der Waals surface area contributed by atoms with Gasteiger partial charge in [-0.25, -0.2) is 9.97 Å². The molecule has 1 fully saturated rings. The van der Waals surface area contributed by atoms with Crippen LogP contribution in [0.4, 0.5) is 11.6 Å². The number of nitrogens with one attached hydrogen (secondary N) is 1. The Hall–Kier alpha value is -1.85. The number of nitrogens with zero attached hydrogens (tertiary/aromatic N) is 3. The van der Waals surface area contributed by atoms with Crippen LogP contribution in [-0.4, -0.2) is 29.0 Å². The third-order valence-corrected chi connectivity index (χ3v) is 4.59. The molecule has 1 aliphatic heterocycles. The quantitative estimate of drug-likeness (QED) is 0.895. The molecule has 7 heteroatoms. The van der Waals surface area contributed by atoms with Crippen LogP contribution >= 0.6 is 23.2 Å². The summed E-state index contributed by atoms with van der Waals surface area (Å²) in [5, 5.41) is 3.87. The van der Waals surface area contributed by atoms with Gasteiger partial charge in [-0.05, 0) is 44.0 Å². The third-order valence-electron chi connectivity index (χ3n) is 4.05. The molecule has 0 unspecified atom stereocenters. The first-order valence-corrected chi connectivity index (χ1v) is 8.59. The third kappa shape index (κ3) is 3.97. The van der Waals surface area contributed by atoms with Gasteiger partial charge in [0.15, 0.2) is 0 Å². The number of amides is 1. The molecule has 3 rings (SSSR count). The highest BCUT2D eigenvalue weighted by Gasteiger charge is 2.27. The Morgan fingerprint density at radius 1 is 1.33 bits per heavy atom. The van der Waals surface area contributed by atoms with Gasteiger partial charge < -0.3 is 10.2 Å². The van der Waals surface area contributed by atoms with Crippen molar-refractivity contribution in [2.24, 2.45) is 5.92 Å². The van der Waals surface area contributed by atoms with Crippen LogP contribution < -0.4 is 10.2 Å². The monoisotopic (exact) mass is 364 g/mol. The molecule has 126 valence electrons. The predicted octanol–water partition coefficient (Wildman–Crippen LogP) is 3.95. The lowest BCUT2D eigenvalue weighted by atomic mass is 9.97. The molecule has 1 aromatic heterocycles. The summed E-state index contributed by atoms with van der Waals surface area (Å²) in [5.41, 5.74) is 1.49. The van der Waals surface area contributed by atoms with Crippen LogP contribution in [0.15, 0.2) is 30.5 Å². The number of anilines is 2. The zero-order valence-corrected chi connectivity index (χ0v) is 14.8. The van der Waals surface area contributed by atoms with Gasteiger partial charge in [0.1, 0.15) is 0 Å². The van der Waals surface area contributed by atoms with Crippen molar-refractivity contribution in [3.63, 3.8) is 0 Å². The van der Waals surface area contributed by atoms with Crippen LogP contribution in [0.5, 0.6) is 0 Å². The van der Waals surface area contributed by atoms with Crippen LogP contribution in [0.1, 0.15) is 18.5 Å². The second-order valence-corrected chi connectivity index (χ2v) is 6.74. The number of aromatic nitrogens is 2. The van der Waals surface area contributed by atoms with Crippen LogP contribution in [0.2, 0.25) is 10.0 Å². The van der Waals surface area contributed by atoms with E-state index in [4.69, 9.17) is 23.2 Å². The fraction of sp³-hybridized carbons (Fsp3) is 0.353. The molecule has 1 amide bonds. The fourth-order valence-corrected chi connectivity index (χ4v) is 3.24. The molecule has 24 heavy (non-hydrogen) atoms. The Labute approximate surface area is 151 Å². The Bertz CT molecular complexity index is 753. The van der Waals surface area contributed by atoms with Gasteiger partial charge >= 0.3 is 0 Å². The summed E-state index contributed by atoms with van der Waals surface area (Å²) < 4.78 is 0. The van der Waals surface area contributed by atoms with Crippen molar-refractivity contribution in [2.45, 2.75) is 19.8 Å². The van der Waals surface area contributed by atoms with E-state index in [0.29, 0.717) is 28.2 Å². The van der Waals surface area contributed by atoms with E-state index in [0.717, 1.165) is 25.1 Å². The molecule has 1 aliphatic rings. The van der Waals surface area contributed by atoms with Crippen molar-refractivity contribution in [2.75, 3.05) is 23.3 Å². The van der Waals surface area contributed by atoms with Gasteiger partial charge in [0.05, 0.1) is 16.6 Å². The summed E-state index contributed by atoms with van der Waals surface area (Å²) in [7, 11) is 0. The number of hydrogen-bond acceptors (Lipinski definition) is 4. The molecule has 0 saturated carbocycles. The Morgan fingerprint density at radius 2 is 2.17 bits per heavy atom. The Balaban J connectivity index is 1.69. The molecular formula is C17H18Cl2N4O. The van der Waals surface area contributed by atoms with E-state index in [1.54, 1.807) is 24.4 Å². The highest BCUT2D eigenvalue weighted by molar-refractivity contribution is 6.36. The molecule has 1 saturated heterocycles. The van der Waals surface area contributed by atoms with Crippen molar-refractivity contribution >= 4 is 40.7 Å². The molecule has 0 radical (unpaired) electrons. The summed E-state index contributed by atoms with van der Waals surface area (Å²) in [6, 6.07) is 6.90. The molecule has 0 spiro atoms. The molecule has 5 nitrogen and oxygen atoms in total. The number of carbonyl (C=O) groups excluding carboxylic acids is 1. The van der Waals surface area contributed by atoms with E-state index in [1.807, 2.05) is 13.0 Å². The van der Waals surface area contributed by atoms with E-state index in [-0.39, 0.29) is 11.8 Å². The number of carbonyl (C=O) groups is 1. The number of rotatable bonds is 3. The zero-order chi connectivity index (χ0) is 17.1. The maximum atomic E-state index is 12.6. The second kappa shape index (κ2) is 7.36. The second-order valence-electron chi connectivity index (χ2n) is 5.90. The minimum atomic E-state index is -0.130. The zero-order valence-electron chi connectivity index (χ0n) is 13.3. The first kappa shape index (κ1) is 17.0. The van der Waals surface area contributed by atoms with Crippen LogP contribution in [0.3, 0.4) is 0 Å². The molecule has 1 atom stereocenters. The first-order valence-electron chi connectivity index (χ1n) is 7.83. The van der Waals surface area contributed by atoms with E-state index in [1.165, 1.54) is 0 Å². The van der Waals surface area contributed by atoms with Gasteiger partial charge in [-0.1, -0.05) is 23.2 Å². The number of aryl methyl sites for hydroxylation is 1. The lowest BCUT2D eigenvalue weighted by molar-refractivity contribution is -0.120. The van der Waals surface area contributed by atoms with Gasteiger partial charge in [0.2, 0.25) is 11.9 Å². The standard InChI is InChI=1S/C17H18Cl2N4O/c1-11-6-7-20-17(21-11)23-8-2-3-12(10-23)16(24)22-15-5-4-13(18)9-14(15)19/h4-7,9,12H,2-3,8,10H2,1H3,(H,22,24)/t12-/m0/s1. The Morgan fingerprint density at radius 3 is 2.92 bits per heavy atom. The average molecular weight is 365 g/mol. The number of benzene rings is 1. The Kier molecular flexibility index (Phi) is 5.21. The number of hydrogen-bond donors (Lipinski definition) is 1. The van der Waals surface area contributed by atoms with Gasteiger partial charge in [-0.3, -0.25) is 4.79 Å². The summed E-state index contributed by atoms with van der Waals surface area (Å²) in [4.78, 5) is 23.4. The molecule has 2 aromatic rings. The summed E-state index contributed by atoms with van der Waals surface area (Å²) in [6.07, 6.45) is 3.50. The van der Waals surface area contributed by atoms with Crippen molar-refractivity contribution < 1.29 is 4.79 Å². The van der Waals surface area contributed by atoms with Crippen molar-refractivity contribution in [3.8, 4) is 0 Å². The molecule has 0 bridgehead atoms. The predicted molar refractivity (Wildman–Crippen MR) is 96.8 cm³/mol. The highest BCUT2D eigenvalue weighted by Crippen LogP contribution is 2.27. The van der Waals surface area contributed by atoms with E-state index < -0.39 is 0 Å². The topological polar surface area (TPSA) is 58.1 Å². The fourth-order valence-electron chi connectivity index (χ4n) is 2.79. The molecule has 0 aliphatic carbocycles. The largest absolute Gasteiger partial charge is 0.340 e. The van der Waals surface area contributed by atoms with Gasteiger partial charge in [0, 0.05) is 30.0 Å². The van der Waals surface area contributed by atoms with Gasteiger partial charge in [-0.2, -0.15) is 0 Å². The van der Waals surface area contributed by atoms with Crippen LogP contribution in [-0.2, 0) is 4.79 Å². The molecule has 1 aromatic carbocycles. The van der Waals surface area contributed by atoms with Crippen LogP contribution in [0, 0.1) is 12.8 Å². The molecule has 2 heterocycles. The SMILES string of the molecule is Cc1ccnc(N2CCC[C@H](C(=O)Nc3ccc(Cl)cc3Cl)C2)n1. The van der Waals surface area contributed by atoms with Gasteiger partial charge in [0.25, 0.3) is 0 Å². The maximum Gasteiger partial charge on any atom is 0.229 e. The number of piperidine rings is 1. The van der Waals surface area contributed by atoms with E-state index in [2.05, 4.69) is 20.2 Å². The minimum Gasteiger partial charge on any atom is -0.340 e. The minimum absolute atomic E-state index is 0.0448. The smallest absolute Gasteiger partial charge is 0.229 e. The van der Waals surface area contributed by atoms with Crippen LogP contribution in [0.25, 0.3) is 0 Å².